The fourth-order valence-electron chi connectivity index (χ4n) is 2.91. The van der Waals surface area contributed by atoms with Crippen LogP contribution in [-0.2, 0) is 10.2 Å². The summed E-state index contributed by atoms with van der Waals surface area (Å²) >= 11 is 1.19. The molecule has 0 atom stereocenters. The molecule has 1 aromatic heterocycles. The molecule has 0 bridgehead atoms. The van der Waals surface area contributed by atoms with Gasteiger partial charge in [0.1, 0.15) is 4.88 Å². The number of hydrazine groups is 1. The number of hydrogen-bond acceptors (Lipinski definition) is 4. The highest BCUT2D eigenvalue weighted by Crippen LogP contribution is 2.38. The Morgan fingerprint density at radius 1 is 1.26 bits per heavy atom. The van der Waals surface area contributed by atoms with Gasteiger partial charge in [-0.15, -0.1) is 11.3 Å². The van der Waals surface area contributed by atoms with Crippen molar-refractivity contribution in [2.75, 3.05) is 5.01 Å². The second kappa shape index (κ2) is 6.61. The first-order valence-corrected chi connectivity index (χ1v) is 8.89. The van der Waals surface area contributed by atoms with Crippen molar-refractivity contribution in [3.8, 4) is 0 Å². The summed E-state index contributed by atoms with van der Waals surface area (Å²) in [5.41, 5.74) is 0.133. The average Bonchev–Trinajstić information content (AvgIpc) is 2.92. The van der Waals surface area contributed by atoms with E-state index in [-0.39, 0.29) is 22.1 Å². The number of carbonyl (C=O) groups is 2. The molecule has 0 aliphatic heterocycles. The monoisotopic (exact) mass is 338 g/mol. The van der Waals surface area contributed by atoms with Crippen LogP contribution in [0.1, 0.15) is 67.9 Å². The quantitative estimate of drug-likeness (QED) is 0.499. The van der Waals surface area contributed by atoms with Crippen LogP contribution in [0.4, 0.5) is 5.69 Å². The summed E-state index contributed by atoms with van der Waals surface area (Å²) in [5, 5.41) is 10.5. The van der Waals surface area contributed by atoms with Crippen LogP contribution in [0.2, 0.25) is 0 Å². The molecule has 0 spiro atoms. The highest BCUT2D eigenvalue weighted by molar-refractivity contribution is 7.14. The lowest BCUT2D eigenvalue weighted by atomic mass is 9.82. The molecule has 128 valence electrons. The first-order chi connectivity index (χ1) is 10.6. The Labute approximate surface area is 141 Å². The molecule has 0 unspecified atom stereocenters. The number of amides is 1. The Kier molecular flexibility index (Phi) is 5.16. The Morgan fingerprint density at radius 2 is 1.83 bits per heavy atom. The van der Waals surface area contributed by atoms with E-state index in [0.29, 0.717) is 11.6 Å². The van der Waals surface area contributed by atoms with Gasteiger partial charge in [-0.05, 0) is 43.1 Å². The van der Waals surface area contributed by atoms with Gasteiger partial charge >= 0.3 is 5.97 Å². The Hall–Kier alpha value is -1.40. The van der Waals surface area contributed by atoms with E-state index in [2.05, 4.69) is 6.92 Å². The fourth-order valence-corrected chi connectivity index (χ4v) is 3.95. The third-order valence-corrected chi connectivity index (χ3v) is 6.05. The van der Waals surface area contributed by atoms with Crippen molar-refractivity contribution in [3.63, 3.8) is 0 Å². The lowest BCUT2D eigenvalue weighted by molar-refractivity contribution is -0.123. The molecule has 1 amide bonds. The van der Waals surface area contributed by atoms with E-state index in [1.54, 1.807) is 6.07 Å². The standard InChI is InChI=1S/C17H26N2O3S/c1-10-5-7-11(8-6-10)15(20)19(18)12-9-13(17(2,3)4)23-14(12)16(21)22/h9-11H,5-8,18H2,1-4H3,(H,21,22). The number of aromatic carboxylic acids is 1. The highest BCUT2D eigenvalue weighted by atomic mass is 32.1. The number of carbonyl (C=O) groups excluding carboxylic acids is 1. The number of hydrogen-bond donors (Lipinski definition) is 2. The predicted octanol–water partition coefficient (Wildman–Crippen LogP) is 3.78. The third-order valence-electron chi connectivity index (χ3n) is 4.51. The number of thiophene rings is 1. The maximum atomic E-state index is 12.7. The minimum absolute atomic E-state index is 0.101. The van der Waals surface area contributed by atoms with Gasteiger partial charge in [0.25, 0.3) is 0 Å². The summed E-state index contributed by atoms with van der Waals surface area (Å²) < 4.78 is 0. The van der Waals surface area contributed by atoms with Crippen molar-refractivity contribution in [1.82, 2.24) is 0 Å². The summed E-state index contributed by atoms with van der Waals surface area (Å²) in [6.07, 6.45) is 3.69. The molecule has 1 fully saturated rings. The van der Waals surface area contributed by atoms with E-state index in [4.69, 9.17) is 5.84 Å². The van der Waals surface area contributed by atoms with Crippen LogP contribution in [0.3, 0.4) is 0 Å². The number of nitrogens with two attached hydrogens (primary N) is 1. The third kappa shape index (κ3) is 3.93. The molecule has 0 radical (unpaired) electrons. The smallest absolute Gasteiger partial charge is 0.348 e. The van der Waals surface area contributed by atoms with Gasteiger partial charge in [-0.25, -0.2) is 15.6 Å². The SMILES string of the molecule is CC1CCC(C(=O)N(N)c2cc(C(C)(C)C)sc2C(=O)O)CC1. The fraction of sp³-hybridized carbons (Fsp3) is 0.647. The van der Waals surface area contributed by atoms with Crippen LogP contribution < -0.4 is 10.9 Å². The van der Waals surface area contributed by atoms with Gasteiger partial charge in [0.2, 0.25) is 5.91 Å². The van der Waals surface area contributed by atoms with Crippen LogP contribution in [-0.4, -0.2) is 17.0 Å². The van der Waals surface area contributed by atoms with Gasteiger partial charge < -0.3 is 5.11 Å². The zero-order valence-electron chi connectivity index (χ0n) is 14.3. The van der Waals surface area contributed by atoms with Gasteiger partial charge in [-0.2, -0.15) is 0 Å². The highest BCUT2D eigenvalue weighted by Gasteiger charge is 2.31. The van der Waals surface area contributed by atoms with Gasteiger partial charge in [0.05, 0.1) is 5.69 Å². The largest absolute Gasteiger partial charge is 0.477 e. The number of nitrogens with zero attached hydrogens (tertiary/aromatic N) is 1. The molecule has 1 aromatic rings. The van der Waals surface area contributed by atoms with E-state index < -0.39 is 5.97 Å². The molecular formula is C17H26N2O3S. The molecule has 23 heavy (non-hydrogen) atoms. The van der Waals surface area contributed by atoms with Crippen LogP contribution in [0.5, 0.6) is 0 Å². The maximum Gasteiger partial charge on any atom is 0.348 e. The molecule has 5 nitrogen and oxygen atoms in total. The van der Waals surface area contributed by atoms with Crippen LogP contribution in [0.25, 0.3) is 0 Å². The number of anilines is 1. The molecule has 0 saturated heterocycles. The molecule has 1 aliphatic carbocycles. The van der Waals surface area contributed by atoms with Gasteiger partial charge in [-0.1, -0.05) is 27.7 Å². The van der Waals surface area contributed by atoms with E-state index in [9.17, 15) is 14.7 Å². The van der Waals surface area contributed by atoms with Gasteiger partial charge in [0.15, 0.2) is 0 Å². The molecular weight excluding hydrogens is 312 g/mol. The summed E-state index contributed by atoms with van der Waals surface area (Å²) in [5.74, 6) is 5.36. The number of carboxylic acids is 1. The Morgan fingerprint density at radius 3 is 2.30 bits per heavy atom. The zero-order valence-corrected chi connectivity index (χ0v) is 15.1. The van der Waals surface area contributed by atoms with E-state index in [1.165, 1.54) is 11.3 Å². The van der Waals surface area contributed by atoms with E-state index in [0.717, 1.165) is 35.6 Å². The lowest BCUT2D eigenvalue weighted by Gasteiger charge is -2.28. The summed E-state index contributed by atoms with van der Waals surface area (Å²) in [6.45, 7) is 8.23. The molecule has 1 aliphatic rings. The van der Waals surface area contributed by atoms with Crippen molar-refractivity contribution in [1.29, 1.82) is 0 Å². The minimum atomic E-state index is -1.04. The summed E-state index contributed by atoms with van der Waals surface area (Å²) in [6, 6.07) is 1.75. The normalized spacial score (nSPS) is 22.0. The molecule has 6 heteroatoms. The Balaban J connectivity index is 2.27. The average molecular weight is 338 g/mol. The molecule has 2 rings (SSSR count). The van der Waals surface area contributed by atoms with Crippen molar-refractivity contribution in [2.45, 2.75) is 58.8 Å². The lowest BCUT2D eigenvalue weighted by Crippen LogP contribution is -2.43. The molecule has 3 N–H and O–H groups in total. The van der Waals surface area contributed by atoms with E-state index >= 15 is 0 Å². The predicted molar refractivity (Wildman–Crippen MR) is 92.8 cm³/mol. The van der Waals surface area contributed by atoms with Crippen molar-refractivity contribution >= 4 is 28.9 Å². The molecule has 0 aromatic carbocycles. The van der Waals surface area contributed by atoms with Crippen LogP contribution in [0, 0.1) is 11.8 Å². The maximum absolute atomic E-state index is 12.7. The van der Waals surface area contributed by atoms with Crippen molar-refractivity contribution < 1.29 is 14.7 Å². The minimum Gasteiger partial charge on any atom is -0.477 e. The summed E-state index contributed by atoms with van der Waals surface area (Å²) in [7, 11) is 0. The molecule has 1 heterocycles. The number of carboxylic acid groups (broad SMARTS) is 1. The topological polar surface area (TPSA) is 83.6 Å². The van der Waals surface area contributed by atoms with Gasteiger partial charge in [-0.3, -0.25) is 4.79 Å². The van der Waals surface area contributed by atoms with Gasteiger partial charge in [0, 0.05) is 10.8 Å². The van der Waals surface area contributed by atoms with Crippen LogP contribution in [0.15, 0.2) is 6.07 Å². The number of rotatable bonds is 3. The first kappa shape index (κ1) is 17.9. The Bertz CT molecular complexity index is 595. The zero-order chi connectivity index (χ0) is 17.4. The van der Waals surface area contributed by atoms with E-state index in [1.807, 2.05) is 20.8 Å². The molecule has 1 saturated carbocycles. The second-order valence-corrected chi connectivity index (χ2v) is 8.60. The first-order valence-electron chi connectivity index (χ1n) is 8.07. The van der Waals surface area contributed by atoms with Crippen molar-refractivity contribution in [3.05, 3.63) is 15.8 Å². The second-order valence-electron chi connectivity index (χ2n) is 7.55. The summed E-state index contributed by atoms with van der Waals surface area (Å²) in [4.78, 5) is 25.2. The van der Waals surface area contributed by atoms with Crippen molar-refractivity contribution in [2.24, 2.45) is 17.7 Å². The van der Waals surface area contributed by atoms with Crippen LogP contribution >= 0.6 is 11.3 Å².